The molecular weight excluding hydrogens is 236 g/mol. The summed E-state index contributed by atoms with van der Waals surface area (Å²) in [6, 6.07) is 0. The van der Waals surface area contributed by atoms with E-state index >= 15 is 0 Å². The first-order valence-electron chi connectivity index (χ1n) is 8.13. The average molecular weight is 270 g/mol. The van der Waals surface area contributed by atoms with E-state index in [4.69, 9.17) is 0 Å². The van der Waals surface area contributed by atoms with Crippen molar-refractivity contribution < 1.29 is 0 Å². The lowest BCUT2D eigenvalue weighted by molar-refractivity contribution is 0.104. The molecule has 0 aliphatic carbocycles. The highest BCUT2D eigenvalue weighted by Crippen LogP contribution is 2.03. The Bertz CT molecular complexity index is 206. The van der Waals surface area contributed by atoms with Crippen LogP contribution in [0.1, 0.15) is 20.8 Å². The van der Waals surface area contributed by atoms with Crippen LogP contribution in [0.15, 0.2) is 0 Å². The summed E-state index contributed by atoms with van der Waals surface area (Å²) in [5, 5.41) is 0. The molecule has 0 spiro atoms. The van der Waals surface area contributed by atoms with Crippen molar-refractivity contribution in [2.75, 3.05) is 79.0 Å². The molecule has 2 heterocycles. The number of piperazine rings is 2. The van der Waals surface area contributed by atoms with Crippen LogP contribution in [0.2, 0.25) is 0 Å². The van der Waals surface area contributed by atoms with Crippen molar-refractivity contribution in [2.45, 2.75) is 20.8 Å². The minimum atomic E-state index is 1.21. The molecule has 114 valence electrons. The highest BCUT2D eigenvalue weighted by Gasteiger charge is 2.17. The van der Waals surface area contributed by atoms with Gasteiger partial charge in [0, 0.05) is 65.4 Å². The summed E-state index contributed by atoms with van der Waals surface area (Å²) in [6.07, 6.45) is 0. The predicted molar refractivity (Wildman–Crippen MR) is 83.8 cm³/mol. The van der Waals surface area contributed by atoms with Gasteiger partial charge in [0.25, 0.3) is 0 Å². The Morgan fingerprint density at radius 1 is 0.632 bits per heavy atom. The molecule has 19 heavy (non-hydrogen) atoms. The van der Waals surface area contributed by atoms with Gasteiger partial charge in [-0.3, -0.25) is 9.80 Å². The predicted octanol–water partition coefficient (Wildman–Crippen LogP) is 0.898. The van der Waals surface area contributed by atoms with Crippen LogP contribution >= 0.6 is 0 Å². The van der Waals surface area contributed by atoms with Gasteiger partial charge in [-0.25, -0.2) is 0 Å². The van der Waals surface area contributed by atoms with Gasteiger partial charge in [-0.1, -0.05) is 20.8 Å². The molecule has 2 rings (SSSR count). The van der Waals surface area contributed by atoms with Crippen molar-refractivity contribution in [1.29, 1.82) is 0 Å². The standard InChI is InChI=1S/C13H28N4.C2H6/c1-3-15-8-10-17(11-9-15)13-12-16-6-4-14(2)5-7-16;1-2/h3-13H2,1-2H3;1-2H3. The Hall–Kier alpha value is -0.160. The van der Waals surface area contributed by atoms with E-state index in [-0.39, 0.29) is 0 Å². The Morgan fingerprint density at radius 3 is 1.42 bits per heavy atom. The van der Waals surface area contributed by atoms with Crippen LogP contribution in [0.5, 0.6) is 0 Å². The number of likely N-dealkylation sites (N-methyl/N-ethyl adjacent to an activating group) is 2. The third kappa shape index (κ3) is 6.21. The van der Waals surface area contributed by atoms with Gasteiger partial charge in [-0.05, 0) is 13.6 Å². The molecule has 2 aliphatic heterocycles. The number of hydrogen-bond acceptors (Lipinski definition) is 4. The maximum absolute atomic E-state index is 2.63. The van der Waals surface area contributed by atoms with Gasteiger partial charge in [0.1, 0.15) is 0 Å². The zero-order valence-corrected chi connectivity index (χ0v) is 13.6. The fraction of sp³-hybridized carbons (Fsp3) is 1.00. The normalized spacial score (nSPS) is 24.0. The van der Waals surface area contributed by atoms with Crippen LogP contribution in [0, 0.1) is 0 Å². The molecule has 0 atom stereocenters. The van der Waals surface area contributed by atoms with Crippen LogP contribution in [0.25, 0.3) is 0 Å². The largest absolute Gasteiger partial charge is 0.304 e. The monoisotopic (exact) mass is 270 g/mol. The van der Waals surface area contributed by atoms with E-state index in [0.29, 0.717) is 0 Å². The van der Waals surface area contributed by atoms with Crippen molar-refractivity contribution in [1.82, 2.24) is 19.6 Å². The van der Waals surface area contributed by atoms with Gasteiger partial charge in [0.05, 0.1) is 0 Å². The first-order valence-corrected chi connectivity index (χ1v) is 8.13. The summed E-state index contributed by atoms with van der Waals surface area (Å²) in [5.41, 5.74) is 0. The van der Waals surface area contributed by atoms with Crippen LogP contribution < -0.4 is 0 Å². The second-order valence-electron chi connectivity index (χ2n) is 5.42. The highest BCUT2D eigenvalue weighted by atomic mass is 15.3. The molecule has 0 aromatic rings. The van der Waals surface area contributed by atoms with Crippen LogP contribution in [0.4, 0.5) is 0 Å². The van der Waals surface area contributed by atoms with E-state index < -0.39 is 0 Å². The van der Waals surface area contributed by atoms with Crippen LogP contribution in [0.3, 0.4) is 0 Å². The summed E-state index contributed by atoms with van der Waals surface area (Å²) in [5.74, 6) is 0. The molecular formula is C15H34N4. The average Bonchev–Trinajstić information content (AvgIpc) is 2.49. The second kappa shape index (κ2) is 9.70. The van der Waals surface area contributed by atoms with Crippen molar-refractivity contribution in [3.8, 4) is 0 Å². The van der Waals surface area contributed by atoms with Crippen LogP contribution in [-0.2, 0) is 0 Å². The lowest BCUT2D eigenvalue weighted by Crippen LogP contribution is -2.50. The fourth-order valence-corrected chi connectivity index (χ4v) is 2.68. The van der Waals surface area contributed by atoms with E-state index in [2.05, 4.69) is 33.6 Å². The topological polar surface area (TPSA) is 13.0 Å². The summed E-state index contributed by atoms with van der Waals surface area (Å²) in [7, 11) is 2.22. The molecule has 4 nitrogen and oxygen atoms in total. The van der Waals surface area contributed by atoms with E-state index in [0.717, 1.165) is 0 Å². The molecule has 2 fully saturated rings. The van der Waals surface area contributed by atoms with Gasteiger partial charge in [0.2, 0.25) is 0 Å². The van der Waals surface area contributed by atoms with Crippen molar-refractivity contribution in [2.24, 2.45) is 0 Å². The fourth-order valence-electron chi connectivity index (χ4n) is 2.68. The second-order valence-corrected chi connectivity index (χ2v) is 5.42. The Labute approximate surface area is 120 Å². The molecule has 0 aromatic heterocycles. The molecule has 0 bridgehead atoms. The van der Waals surface area contributed by atoms with E-state index in [9.17, 15) is 0 Å². The van der Waals surface area contributed by atoms with E-state index in [1.54, 1.807) is 0 Å². The lowest BCUT2D eigenvalue weighted by atomic mass is 10.3. The first kappa shape index (κ1) is 16.9. The Kier molecular flexibility index (Phi) is 8.62. The molecule has 0 unspecified atom stereocenters. The maximum atomic E-state index is 2.63. The molecule has 0 N–H and O–H groups in total. The van der Waals surface area contributed by atoms with Crippen molar-refractivity contribution in [3.63, 3.8) is 0 Å². The molecule has 0 saturated carbocycles. The van der Waals surface area contributed by atoms with Gasteiger partial charge in [-0.15, -0.1) is 0 Å². The zero-order chi connectivity index (χ0) is 14.1. The summed E-state index contributed by atoms with van der Waals surface area (Å²) < 4.78 is 0. The van der Waals surface area contributed by atoms with Crippen molar-refractivity contribution in [3.05, 3.63) is 0 Å². The lowest BCUT2D eigenvalue weighted by Gasteiger charge is -2.37. The number of hydrogen-bond donors (Lipinski definition) is 0. The minimum Gasteiger partial charge on any atom is -0.304 e. The zero-order valence-electron chi connectivity index (χ0n) is 13.6. The van der Waals surface area contributed by atoms with Gasteiger partial charge >= 0.3 is 0 Å². The molecule has 4 heteroatoms. The Morgan fingerprint density at radius 2 is 1.00 bits per heavy atom. The van der Waals surface area contributed by atoms with E-state index in [1.165, 1.54) is 72.0 Å². The molecule has 0 radical (unpaired) electrons. The van der Waals surface area contributed by atoms with Crippen molar-refractivity contribution >= 4 is 0 Å². The quantitative estimate of drug-likeness (QED) is 0.752. The molecule has 2 aliphatic rings. The maximum Gasteiger partial charge on any atom is 0.0110 e. The highest BCUT2D eigenvalue weighted by molar-refractivity contribution is 4.74. The molecule has 0 aromatic carbocycles. The third-order valence-electron chi connectivity index (χ3n) is 4.24. The SMILES string of the molecule is CC.CCN1CCN(CCN2CCN(C)CC2)CC1. The number of nitrogens with zero attached hydrogens (tertiary/aromatic N) is 4. The summed E-state index contributed by atoms with van der Waals surface area (Å²) in [4.78, 5) is 10.2. The van der Waals surface area contributed by atoms with E-state index in [1.807, 2.05) is 13.8 Å². The molecule has 2 saturated heterocycles. The first-order chi connectivity index (χ1) is 9.28. The third-order valence-corrected chi connectivity index (χ3v) is 4.24. The summed E-state index contributed by atoms with van der Waals surface area (Å²) >= 11 is 0. The Balaban J connectivity index is 0.000000861. The number of rotatable bonds is 4. The smallest absolute Gasteiger partial charge is 0.0110 e. The molecule has 0 amide bonds. The van der Waals surface area contributed by atoms with Gasteiger partial charge < -0.3 is 9.80 Å². The van der Waals surface area contributed by atoms with Gasteiger partial charge in [-0.2, -0.15) is 0 Å². The van der Waals surface area contributed by atoms with Crippen LogP contribution in [-0.4, -0.2) is 98.6 Å². The minimum absolute atomic E-state index is 1.21. The van der Waals surface area contributed by atoms with Gasteiger partial charge in [0.15, 0.2) is 0 Å². The summed E-state index contributed by atoms with van der Waals surface area (Å²) in [6.45, 7) is 20.1.